The minimum atomic E-state index is -0.483. The maximum atomic E-state index is 13.0. The standard InChI is InChI=1S/C14H22FN3O/c1-9(2)10(3)18(4)8-14(19)17-11-5-6-12(15)13(16)7-11/h5-7,9-10H,8,16H2,1-4H3,(H,17,19). The average Bonchev–Trinajstić information content (AvgIpc) is 2.32. The van der Waals surface area contributed by atoms with Gasteiger partial charge >= 0.3 is 0 Å². The molecule has 19 heavy (non-hydrogen) atoms. The summed E-state index contributed by atoms with van der Waals surface area (Å²) in [6.45, 7) is 6.59. The number of nitrogens with zero attached hydrogens (tertiary/aromatic N) is 1. The molecule has 0 saturated heterocycles. The number of amides is 1. The van der Waals surface area contributed by atoms with Crippen LogP contribution >= 0.6 is 0 Å². The van der Waals surface area contributed by atoms with E-state index in [0.29, 0.717) is 17.6 Å². The van der Waals surface area contributed by atoms with Crippen LogP contribution in [0.15, 0.2) is 18.2 Å². The number of carbonyl (C=O) groups excluding carboxylic acids is 1. The van der Waals surface area contributed by atoms with Crippen molar-refractivity contribution in [3.05, 3.63) is 24.0 Å². The summed E-state index contributed by atoms with van der Waals surface area (Å²) >= 11 is 0. The van der Waals surface area contributed by atoms with Crippen molar-refractivity contribution in [1.29, 1.82) is 0 Å². The minimum Gasteiger partial charge on any atom is -0.396 e. The number of hydrogen-bond acceptors (Lipinski definition) is 3. The molecule has 4 nitrogen and oxygen atoms in total. The topological polar surface area (TPSA) is 58.4 Å². The van der Waals surface area contributed by atoms with Crippen LogP contribution in [0.2, 0.25) is 0 Å². The third kappa shape index (κ3) is 4.52. The Morgan fingerprint density at radius 1 is 1.42 bits per heavy atom. The summed E-state index contributed by atoms with van der Waals surface area (Å²) in [7, 11) is 1.91. The first kappa shape index (κ1) is 15.4. The summed E-state index contributed by atoms with van der Waals surface area (Å²) < 4.78 is 13.0. The zero-order chi connectivity index (χ0) is 14.6. The van der Waals surface area contributed by atoms with Crippen LogP contribution in [0.5, 0.6) is 0 Å². The lowest BCUT2D eigenvalue weighted by atomic mass is 10.1. The Bertz CT molecular complexity index is 448. The molecule has 106 valence electrons. The van der Waals surface area contributed by atoms with Gasteiger partial charge in [-0.25, -0.2) is 4.39 Å². The minimum absolute atomic E-state index is 0.0294. The Morgan fingerprint density at radius 2 is 2.05 bits per heavy atom. The molecule has 0 aliphatic heterocycles. The van der Waals surface area contributed by atoms with Crippen LogP contribution in [0.25, 0.3) is 0 Å². The molecule has 0 radical (unpaired) electrons. The van der Waals surface area contributed by atoms with E-state index >= 15 is 0 Å². The lowest BCUT2D eigenvalue weighted by Crippen LogP contribution is -2.39. The van der Waals surface area contributed by atoms with Gasteiger partial charge in [0.15, 0.2) is 0 Å². The number of likely N-dealkylation sites (N-methyl/N-ethyl adjacent to an activating group) is 1. The molecule has 0 aliphatic carbocycles. The van der Waals surface area contributed by atoms with E-state index in [2.05, 4.69) is 26.1 Å². The first-order valence-corrected chi connectivity index (χ1v) is 6.36. The van der Waals surface area contributed by atoms with Crippen molar-refractivity contribution in [3.63, 3.8) is 0 Å². The maximum absolute atomic E-state index is 13.0. The lowest BCUT2D eigenvalue weighted by Gasteiger charge is -2.27. The predicted octanol–water partition coefficient (Wildman–Crippen LogP) is 2.32. The Balaban J connectivity index is 2.58. The summed E-state index contributed by atoms with van der Waals surface area (Å²) in [6.07, 6.45) is 0. The fourth-order valence-corrected chi connectivity index (χ4v) is 1.70. The molecular formula is C14H22FN3O. The van der Waals surface area contributed by atoms with Gasteiger partial charge in [-0.2, -0.15) is 0 Å². The predicted molar refractivity (Wildman–Crippen MR) is 76.4 cm³/mol. The highest BCUT2D eigenvalue weighted by Crippen LogP contribution is 2.16. The van der Waals surface area contributed by atoms with Crippen LogP contribution in [-0.4, -0.2) is 30.4 Å². The van der Waals surface area contributed by atoms with Crippen molar-refractivity contribution in [2.24, 2.45) is 5.92 Å². The molecule has 0 aromatic heterocycles. The van der Waals surface area contributed by atoms with E-state index in [9.17, 15) is 9.18 Å². The largest absolute Gasteiger partial charge is 0.396 e. The highest BCUT2D eigenvalue weighted by molar-refractivity contribution is 5.92. The monoisotopic (exact) mass is 267 g/mol. The maximum Gasteiger partial charge on any atom is 0.238 e. The molecule has 0 bridgehead atoms. The van der Waals surface area contributed by atoms with Crippen LogP contribution in [0.1, 0.15) is 20.8 Å². The zero-order valence-corrected chi connectivity index (χ0v) is 11.9. The summed E-state index contributed by atoms with van der Waals surface area (Å²) in [6, 6.07) is 4.46. The molecule has 0 heterocycles. The smallest absolute Gasteiger partial charge is 0.238 e. The lowest BCUT2D eigenvalue weighted by molar-refractivity contribution is -0.117. The van der Waals surface area contributed by atoms with Gasteiger partial charge < -0.3 is 11.1 Å². The molecule has 0 aliphatic rings. The van der Waals surface area contributed by atoms with Crippen LogP contribution < -0.4 is 11.1 Å². The molecule has 0 saturated carbocycles. The van der Waals surface area contributed by atoms with Crippen molar-refractivity contribution >= 4 is 17.3 Å². The first-order valence-electron chi connectivity index (χ1n) is 6.36. The third-order valence-electron chi connectivity index (χ3n) is 3.33. The van der Waals surface area contributed by atoms with Gasteiger partial charge in [0.1, 0.15) is 5.82 Å². The van der Waals surface area contributed by atoms with E-state index < -0.39 is 5.82 Å². The van der Waals surface area contributed by atoms with Gasteiger partial charge in [0.05, 0.1) is 12.2 Å². The highest BCUT2D eigenvalue weighted by Gasteiger charge is 2.16. The zero-order valence-electron chi connectivity index (χ0n) is 11.9. The van der Waals surface area contributed by atoms with Gasteiger partial charge in [0.2, 0.25) is 5.91 Å². The van der Waals surface area contributed by atoms with Crippen molar-refractivity contribution in [1.82, 2.24) is 4.90 Å². The molecule has 1 aromatic rings. The number of hydrogen-bond donors (Lipinski definition) is 2. The van der Waals surface area contributed by atoms with E-state index in [1.807, 2.05) is 11.9 Å². The number of benzene rings is 1. The van der Waals surface area contributed by atoms with Crippen molar-refractivity contribution in [2.75, 3.05) is 24.6 Å². The van der Waals surface area contributed by atoms with E-state index in [4.69, 9.17) is 5.73 Å². The van der Waals surface area contributed by atoms with E-state index in [1.54, 1.807) is 0 Å². The molecule has 1 aromatic carbocycles. The highest BCUT2D eigenvalue weighted by atomic mass is 19.1. The summed E-state index contributed by atoms with van der Waals surface area (Å²) in [5.41, 5.74) is 5.99. The van der Waals surface area contributed by atoms with Crippen LogP contribution in [0.4, 0.5) is 15.8 Å². The van der Waals surface area contributed by atoms with E-state index in [-0.39, 0.29) is 18.1 Å². The number of rotatable bonds is 5. The number of anilines is 2. The van der Waals surface area contributed by atoms with Crippen LogP contribution in [0.3, 0.4) is 0 Å². The molecule has 0 fully saturated rings. The summed E-state index contributed by atoms with van der Waals surface area (Å²) in [5, 5.41) is 2.71. The SMILES string of the molecule is CC(C)C(C)N(C)CC(=O)Nc1ccc(F)c(N)c1. The van der Waals surface area contributed by atoms with Gasteiger partial charge in [-0.3, -0.25) is 9.69 Å². The molecule has 3 N–H and O–H groups in total. The van der Waals surface area contributed by atoms with Crippen LogP contribution in [-0.2, 0) is 4.79 Å². The van der Waals surface area contributed by atoms with Crippen LogP contribution in [0, 0.1) is 11.7 Å². The molecule has 1 amide bonds. The van der Waals surface area contributed by atoms with Crippen molar-refractivity contribution < 1.29 is 9.18 Å². The molecule has 1 atom stereocenters. The van der Waals surface area contributed by atoms with Gasteiger partial charge in [-0.05, 0) is 38.1 Å². The van der Waals surface area contributed by atoms with Gasteiger partial charge in [-0.15, -0.1) is 0 Å². The third-order valence-corrected chi connectivity index (χ3v) is 3.33. The number of nitrogen functional groups attached to an aromatic ring is 1. The van der Waals surface area contributed by atoms with E-state index in [1.165, 1.54) is 18.2 Å². The molecular weight excluding hydrogens is 245 g/mol. The number of carbonyl (C=O) groups is 1. The second-order valence-corrected chi connectivity index (χ2v) is 5.18. The number of halogens is 1. The second kappa shape index (κ2) is 6.52. The average molecular weight is 267 g/mol. The summed E-state index contributed by atoms with van der Waals surface area (Å²) in [4.78, 5) is 13.8. The molecule has 5 heteroatoms. The van der Waals surface area contributed by atoms with Crippen molar-refractivity contribution in [2.45, 2.75) is 26.8 Å². The normalized spacial score (nSPS) is 12.8. The second-order valence-electron chi connectivity index (χ2n) is 5.18. The van der Waals surface area contributed by atoms with Gasteiger partial charge in [-0.1, -0.05) is 13.8 Å². The quantitative estimate of drug-likeness (QED) is 0.805. The first-order chi connectivity index (χ1) is 8.81. The van der Waals surface area contributed by atoms with Crippen molar-refractivity contribution in [3.8, 4) is 0 Å². The fourth-order valence-electron chi connectivity index (χ4n) is 1.70. The number of nitrogens with one attached hydrogen (secondary N) is 1. The van der Waals surface area contributed by atoms with E-state index in [0.717, 1.165) is 0 Å². The molecule has 1 unspecified atom stereocenters. The Morgan fingerprint density at radius 3 is 2.58 bits per heavy atom. The van der Waals surface area contributed by atoms with Gasteiger partial charge in [0.25, 0.3) is 0 Å². The Kier molecular flexibility index (Phi) is 5.30. The molecule has 1 rings (SSSR count). The Labute approximate surface area is 113 Å². The molecule has 0 spiro atoms. The fraction of sp³-hybridized carbons (Fsp3) is 0.500. The number of nitrogens with two attached hydrogens (primary N) is 1. The Hall–Kier alpha value is -1.62. The van der Waals surface area contributed by atoms with Gasteiger partial charge in [0, 0.05) is 11.7 Å². The summed E-state index contributed by atoms with van der Waals surface area (Å²) in [5.74, 6) is -0.149.